The summed E-state index contributed by atoms with van der Waals surface area (Å²) < 4.78 is 5.59. The fraction of sp³-hybridized carbons (Fsp3) is 0.385. The van der Waals surface area contributed by atoms with Crippen LogP contribution in [0.1, 0.15) is 24.8 Å². The van der Waals surface area contributed by atoms with E-state index in [1.165, 1.54) is 0 Å². The second-order valence-corrected chi connectivity index (χ2v) is 3.74. The summed E-state index contributed by atoms with van der Waals surface area (Å²) in [7, 11) is 0. The Labute approximate surface area is 89.6 Å². The molecule has 1 aliphatic rings. The minimum absolute atomic E-state index is 0.0568. The SMILES string of the molecule is O=C=C(c1ccccc1)C1CCCCO1. The van der Waals surface area contributed by atoms with Crippen LogP contribution < -0.4 is 0 Å². The molecule has 1 fully saturated rings. The zero-order valence-electron chi connectivity index (χ0n) is 8.61. The predicted molar refractivity (Wildman–Crippen MR) is 59.1 cm³/mol. The number of rotatable bonds is 2. The summed E-state index contributed by atoms with van der Waals surface area (Å²) in [5, 5.41) is 0. The molecule has 0 saturated carbocycles. The number of hydrogen-bond donors (Lipinski definition) is 0. The Hall–Kier alpha value is -1.37. The fourth-order valence-electron chi connectivity index (χ4n) is 1.90. The summed E-state index contributed by atoms with van der Waals surface area (Å²) in [4.78, 5) is 11.0. The highest BCUT2D eigenvalue weighted by Crippen LogP contribution is 2.25. The number of hydrogen-bond acceptors (Lipinski definition) is 2. The zero-order chi connectivity index (χ0) is 10.5. The summed E-state index contributed by atoms with van der Waals surface area (Å²) in [5.41, 5.74) is 1.59. The molecule has 1 aromatic rings. The Morgan fingerprint density at radius 1 is 1.27 bits per heavy atom. The van der Waals surface area contributed by atoms with Gasteiger partial charge in [-0.3, -0.25) is 0 Å². The third-order valence-electron chi connectivity index (χ3n) is 2.70. The van der Waals surface area contributed by atoms with Crippen molar-refractivity contribution in [1.82, 2.24) is 0 Å². The molecule has 0 radical (unpaired) electrons. The van der Waals surface area contributed by atoms with Gasteiger partial charge in [-0.1, -0.05) is 30.3 Å². The first kappa shape index (κ1) is 10.2. The van der Waals surface area contributed by atoms with Crippen LogP contribution in [0, 0.1) is 0 Å². The van der Waals surface area contributed by atoms with Crippen LogP contribution in [-0.2, 0) is 9.53 Å². The molecule has 2 rings (SSSR count). The summed E-state index contributed by atoms with van der Waals surface area (Å²) in [6.07, 6.45) is 3.10. The lowest BCUT2D eigenvalue weighted by Gasteiger charge is -2.23. The Morgan fingerprint density at radius 2 is 2.07 bits per heavy atom. The van der Waals surface area contributed by atoms with Gasteiger partial charge in [-0.15, -0.1) is 0 Å². The van der Waals surface area contributed by atoms with E-state index in [4.69, 9.17) is 4.74 Å². The molecular weight excluding hydrogens is 188 g/mol. The number of carbonyl (C=O) groups excluding carboxylic acids is 1. The third kappa shape index (κ3) is 2.35. The molecule has 0 spiro atoms. The minimum atomic E-state index is -0.0568. The van der Waals surface area contributed by atoms with Gasteiger partial charge >= 0.3 is 0 Å². The molecule has 15 heavy (non-hydrogen) atoms. The van der Waals surface area contributed by atoms with E-state index in [1.807, 2.05) is 36.3 Å². The zero-order valence-corrected chi connectivity index (χ0v) is 8.61. The lowest BCUT2D eigenvalue weighted by molar-refractivity contribution is 0.0533. The van der Waals surface area contributed by atoms with E-state index in [-0.39, 0.29) is 6.10 Å². The molecule has 0 aromatic heterocycles. The smallest absolute Gasteiger partial charge is 0.131 e. The van der Waals surface area contributed by atoms with Crippen molar-refractivity contribution in [3.63, 3.8) is 0 Å². The minimum Gasteiger partial charge on any atom is -0.373 e. The average Bonchev–Trinajstić information content (AvgIpc) is 2.33. The van der Waals surface area contributed by atoms with Crippen LogP contribution in [0.2, 0.25) is 0 Å². The van der Waals surface area contributed by atoms with Crippen molar-refractivity contribution in [3.8, 4) is 0 Å². The van der Waals surface area contributed by atoms with Gasteiger partial charge in [0, 0.05) is 6.61 Å². The third-order valence-corrected chi connectivity index (χ3v) is 2.70. The van der Waals surface area contributed by atoms with Gasteiger partial charge < -0.3 is 4.74 Å². The van der Waals surface area contributed by atoms with Gasteiger partial charge in [0.2, 0.25) is 0 Å². The second kappa shape index (κ2) is 4.92. The molecule has 1 saturated heterocycles. The lowest BCUT2D eigenvalue weighted by atomic mass is 9.96. The first-order valence-corrected chi connectivity index (χ1v) is 5.34. The van der Waals surface area contributed by atoms with Crippen molar-refractivity contribution < 1.29 is 9.53 Å². The van der Waals surface area contributed by atoms with E-state index >= 15 is 0 Å². The van der Waals surface area contributed by atoms with Gasteiger partial charge in [0.25, 0.3) is 0 Å². The predicted octanol–water partition coefficient (Wildman–Crippen LogP) is 2.47. The molecule has 2 nitrogen and oxygen atoms in total. The Kier molecular flexibility index (Phi) is 3.33. The molecule has 0 aliphatic carbocycles. The fourth-order valence-corrected chi connectivity index (χ4v) is 1.90. The number of benzene rings is 1. The quantitative estimate of drug-likeness (QED) is 0.689. The van der Waals surface area contributed by atoms with Crippen molar-refractivity contribution in [1.29, 1.82) is 0 Å². The van der Waals surface area contributed by atoms with Crippen LogP contribution in [0.4, 0.5) is 0 Å². The topological polar surface area (TPSA) is 26.3 Å². The van der Waals surface area contributed by atoms with Crippen LogP contribution in [0.5, 0.6) is 0 Å². The largest absolute Gasteiger partial charge is 0.373 e. The van der Waals surface area contributed by atoms with Gasteiger partial charge in [-0.2, -0.15) is 0 Å². The van der Waals surface area contributed by atoms with Gasteiger partial charge in [0.05, 0.1) is 11.7 Å². The van der Waals surface area contributed by atoms with E-state index in [0.29, 0.717) is 5.57 Å². The molecule has 1 atom stereocenters. The molecular formula is C13H14O2. The van der Waals surface area contributed by atoms with E-state index in [1.54, 1.807) is 0 Å². The monoisotopic (exact) mass is 202 g/mol. The van der Waals surface area contributed by atoms with Crippen molar-refractivity contribution in [3.05, 3.63) is 35.9 Å². The summed E-state index contributed by atoms with van der Waals surface area (Å²) in [6.45, 7) is 0.753. The highest BCUT2D eigenvalue weighted by Gasteiger charge is 2.20. The Morgan fingerprint density at radius 3 is 2.67 bits per heavy atom. The molecule has 1 unspecified atom stereocenters. The van der Waals surface area contributed by atoms with Crippen LogP contribution >= 0.6 is 0 Å². The summed E-state index contributed by atoms with van der Waals surface area (Å²) in [6, 6.07) is 9.65. The molecule has 1 aromatic carbocycles. The molecule has 1 heterocycles. The average molecular weight is 202 g/mol. The van der Waals surface area contributed by atoms with E-state index in [0.717, 1.165) is 31.4 Å². The summed E-state index contributed by atoms with van der Waals surface area (Å²) in [5.74, 6) is 2.03. The highest BCUT2D eigenvalue weighted by atomic mass is 16.5. The Balaban J connectivity index is 2.21. The van der Waals surface area contributed by atoms with Crippen LogP contribution in [0.15, 0.2) is 30.3 Å². The van der Waals surface area contributed by atoms with Gasteiger partial charge in [-0.05, 0) is 24.8 Å². The normalized spacial score (nSPS) is 20.7. The van der Waals surface area contributed by atoms with Gasteiger partial charge in [0.15, 0.2) is 0 Å². The second-order valence-electron chi connectivity index (χ2n) is 3.74. The first-order chi connectivity index (χ1) is 7.42. The van der Waals surface area contributed by atoms with Gasteiger partial charge in [0.1, 0.15) is 5.94 Å². The molecule has 78 valence electrons. The molecule has 0 bridgehead atoms. The van der Waals surface area contributed by atoms with Crippen LogP contribution in [-0.4, -0.2) is 18.7 Å². The van der Waals surface area contributed by atoms with Crippen LogP contribution in [0.25, 0.3) is 5.57 Å². The molecule has 0 N–H and O–H groups in total. The van der Waals surface area contributed by atoms with Crippen molar-refractivity contribution >= 4 is 11.5 Å². The number of ether oxygens (including phenoxy) is 1. The summed E-state index contributed by atoms with van der Waals surface area (Å²) >= 11 is 0. The molecule has 0 amide bonds. The molecule has 2 heteroatoms. The standard InChI is InChI=1S/C13H14O2/c14-10-12(11-6-2-1-3-7-11)13-8-4-5-9-15-13/h1-3,6-7,13H,4-5,8-9H2. The molecule has 1 aliphatic heterocycles. The van der Waals surface area contributed by atoms with Crippen molar-refractivity contribution in [2.75, 3.05) is 6.61 Å². The maximum absolute atomic E-state index is 11.0. The lowest BCUT2D eigenvalue weighted by Crippen LogP contribution is -2.20. The van der Waals surface area contributed by atoms with E-state index in [9.17, 15) is 4.79 Å². The maximum Gasteiger partial charge on any atom is 0.131 e. The maximum atomic E-state index is 11.0. The van der Waals surface area contributed by atoms with E-state index in [2.05, 4.69) is 0 Å². The van der Waals surface area contributed by atoms with Crippen molar-refractivity contribution in [2.24, 2.45) is 0 Å². The first-order valence-electron chi connectivity index (χ1n) is 5.34. The Bertz CT molecular complexity index is 357. The van der Waals surface area contributed by atoms with Crippen LogP contribution in [0.3, 0.4) is 0 Å². The highest BCUT2D eigenvalue weighted by molar-refractivity contribution is 5.89. The van der Waals surface area contributed by atoms with Crippen molar-refractivity contribution in [2.45, 2.75) is 25.4 Å². The van der Waals surface area contributed by atoms with E-state index < -0.39 is 0 Å². The van der Waals surface area contributed by atoms with Gasteiger partial charge in [-0.25, -0.2) is 4.79 Å².